The Kier molecular flexibility index (Phi) is 5.87. The van der Waals surface area contributed by atoms with E-state index in [0.29, 0.717) is 17.4 Å². The molecule has 33 heavy (non-hydrogen) atoms. The molecule has 0 fully saturated rings. The van der Waals surface area contributed by atoms with Crippen LogP contribution in [0, 0.1) is 13.8 Å². The molecule has 0 aliphatic rings. The molecule has 3 heterocycles. The minimum Gasteiger partial charge on any atom is -0.465 e. The van der Waals surface area contributed by atoms with Gasteiger partial charge >= 0.3 is 18.1 Å². The van der Waals surface area contributed by atoms with E-state index in [0.717, 1.165) is 13.2 Å². The topological polar surface area (TPSA) is 129 Å². The number of alkyl halides is 5. The summed E-state index contributed by atoms with van der Waals surface area (Å²) in [6.45, 7) is 2.59. The van der Waals surface area contributed by atoms with E-state index in [1.165, 1.54) is 13.8 Å². The van der Waals surface area contributed by atoms with Gasteiger partial charge in [-0.25, -0.2) is 14.3 Å². The van der Waals surface area contributed by atoms with Crippen LogP contribution in [0.3, 0.4) is 0 Å². The maximum Gasteiger partial charge on any atom is 0.459 e. The summed E-state index contributed by atoms with van der Waals surface area (Å²) >= 11 is 0.655. The summed E-state index contributed by atoms with van der Waals surface area (Å²) in [5.74, 6) is -8.12. The molecular weight excluding hydrogens is 477 g/mol. The third-order valence-electron chi connectivity index (χ3n) is 4.45. The number of fused-ring (bicyclic) bond motifs is 1. The molecule has 0 atom stereocenters. The largest absolute Gasteiger partial charge is 0.465 e. The van der Waals surface area contributed by atoms with Crippen molar-refractivity contribution in [1.29, 1.82) is 0 Å². The molecule has 0 bridgehead atoms. The van der Waals surface area contributed by atoms with Crippen LogP contribution in [0.5, 0.6) is 0 Å². The summed E-state index contributed by atoms with van der Waals surface area (Å²) in [5, 5.41) is 5.67. The second-order valence-corrected chi connectivity index (χ2v) is 7.75. The fraction of sp³-hybridized carbons (Fsp3) is 0.278. The number of amides is 2. The van der Waals surface area contributed by atoms with Crippen molar-refractivity contribution >= 4 is 39.8 Å². The first-order chi connectivity index (χ1) is 15.2. The summed E-state index contributed by atoms with van der Waals surface area (Å²) in [7, 11) is 1.06. The van der Waals surface area contributed by atoms with Gasteiger partial charge < -0.3 is 15.8 Å². The van der Waals surface area contributed by atoms with Crippen molar-refractivity contribution in [1.82, 2.24) is 14.6 Å². The van der Waals surface area contributed by atoms with Crippen LogP contribution < -0.4 is 11.1 Å². The van der Waals surface area contributed by atoms with E-state index in [-0.39, 0.29) is 31.2 Å². The Morgan fingerprint density at radius 3 is 2.33 bits per heavy atom. The van der Waals surface area contributed by atoms with Gasteiger partial charge in [0.1, 0.15) is 10.7 Å². The molecule has 0 saturated heterocycles. The van der Waals surface area contributed by atoms with Crippen LogP contribution in [0.4, 0.5) is 27.0 Å². The third kappa shape index (κ3) is 4.10. The van der Waals surface area contributed by atoms with Crippen LogP contribution in [0.25, 0.3) is 5.65 Å². The quantitative estimate of drug-likeness (QED) is 0.417. The molecule has 3 aromatic heterocycles. The molecule has 0 unspecified atom stereocenters. The smallest absolute Gasteiger partial charge is 0.459 e. The molecule has 0 aliphatic heterocycles. The highest BCUT2D eigenvalue weighted by Crippen LogP contribution is 2.44. The van der Waals surface area contributed by atoms with E-state index >= 15 is 0 Å². The van der Waals surface area contributed by atoms with Crippen molar-refractivity contribution in [3.8, 4) is 0 Å². The number of halogens is 5. The number of primary amides is 1. The average molecular weight is 491 g/mol. The normalized spacial score (nSPS) is 12.1. The Bertz CT molecular complexity index is 1300. The lowest BCUT2D eigenvalue weighted by Gasteiger charge is -2.20. The highest BCUT2D eigenvalue weighted by atomic mass is 32.1. The third-order valence-corrected chi connectivity index (χ3v) is 5.67. The van der Waals surface area contributed by atoms with Gasteiger partial charge in [0.2, 0.25) is 0 Å². The van der Waals surface area contributed by atoms with Crippen LogP contribution in [0.15, 0.2) is 12.1 Å². The molecule has 0 radical (unpaired) electrons. The predicted octanol–water partition coefficient (Wildman–Crippen LogP) is 3.20. The van der Waals surface area contributed by atoms with E-state index in [1.54, 1.807) is 0 Å². The van der Waals surface area contributed by atoms with Crippen LogP contribution in [0.2, 0.25) is 0 Å². The number of aromatic nitrogens is 3. The molecule has 15 heteroatoms. The zero-order chi connectivity index (χ0) is 24.9. The van der Waals surface area contributed by atoms with Gasteiger partial charge in [-0.2, -0.15) is 27.1 Å². The van der Waals surface area contributed by atoms with Crippen molar-refractivity contribution in [2.24, 2.45) is 5.73 Å². The average Bonchev–Trinajstić information content (AvgIpc) is 3.26. The van der Waals surface area contributed by atoms with Crippen molar-refractivity contribution in [2.75, 3.05) is 12.4 Å². The minimum absolute atomic E-state index is 0.0508. The second kappa shape index (κ2) is 8.06. The Morgan fingerprint density at radius 1 is 1.15 bits per heavy atom. The number of thiophene rings is 1. The molecule has 3 aromatic rings. The molecule has 0 aliphatic carbocycles. The van der Waals surface area contributed by atoms with Crippen molar-refractivity contribution in [3.05, 3.63) is 45.2 Å². The molecule has 0 aromatic carbocycles. The number of nitrogens with one attached hydrogen (secondary N) is 1. The van der Waals surface area contributed by atoms with E-state index in [4.69, 9.17) is 5.73 Å². The van der Waals surface area contributed by atoms with Gasteiger partial charge in [-0.15, -0.1) is 11.3 Å². The number of esters is 1. The van der Waals surface area contributed by atoms with Gasteiger partial charge in [-0.3, -0.25) is 9.59 Å². The summed E-state index contributed by atoms with van der Waals surface area (Å²) < 4.78 is 71.7. The number of aryl methyl sites for hydroxylation is 1. The number of anilines is 1. The zero-order valence-corrected chi connectivity index (χ0v) is 17.8. The van der Waals surface area contributed by atoms with Crippen molar-refractivity contribution < 1.29 is 41.1 Å². The zero-order valence-electron chi connectivity index (χ0n) is 17.0. The number of carbonyl (C=O) groups is 3. The number of carbonyl (C=O) groups excluding carboxylic acids is 3. The summed E-state index contributed by atoms with van der Waals surface area (Å²) in [4.78, 5) is 40.2. The first-order valence-corrected chi connectivity index (χ1v) is 9.66. The fourth-order valence-electron chi connectivity index (χ4n) is 2.93. The number of nitrogens with two attached hydrogens (primary N) is 1. The number of rotatable bonds is 5. The first kappa shape index (κ1) is 24.0. The van der Waals surface area contributed by atoms with E-state index in [2.05, 4.69) is 20.1 Å². The molecule has 3 rings (SSSR count). The highest BCUT2D eigenvalue weighted by Gasteiger charge is 2.60. The van der Waals surface area contributed by atoms with Crippen LogP contribution in [-0.2, 0) is 10.7 Å². The van der Waals surface area contributed by atoms with E-state index < -0.39 is 46.9 Å². The van der Waals surface area contributed by atoms with E-state index in [9.17, 15) is 36.3 Å². The van der Waals surface area contributed by atoms with Gasteiger partial charge in [0.05, 0.1) is 17.6 Å². The van der Waals surface area contributed by atoms with Gasteiger partial charge in [-0.05, 0) is 25.5 Å². The Balaban J connectivity index is 2.08. The van der Waals surface area contributed by atoms with Crippen LogP contribution >= 0.6 is 11.3 Å². The number of hydrogen-bond acceptors (Lipinski definition) is 7. The van der Waals surface area contributed by atoms with Gasteiger partial charge in [0.25, 0.3) is 11.8 Å². The molecule has 9 nitrogen and oxygen atoms in total. The maximum atomic E-state index is 14.0. The molecule has 0 spiro atoms. The van der Waals surface area contributed by atoms with Gasteiger partial charge in [0.15, 0.2) is 11.3 Å². The summed E-state index contributed by atoms with van der Waals surface area (Å²) in [6, 6.07) is 1.40. The summed E-state index contributed by atoms with van der Waals surface area (Å²) in [5.41, 5.74) is 2.51. The number of methoxy groups -OCH3 is 1. The molecule has 3 N–H and O–H groups in total. The molecule has 0 saturated carbocycles. The predicted molar refractivity (Wildman–Crippen MR) is 105 cm³/mol. The minimum atomic E-state index is -5.92. The number of hydrogen-bond donors (Lipinski definition) is 2. The molecule has 2 amide bonds. The Morgan fingerprint density at radius 2 is 1.79 bits per heavy atom. The second-order valence-electron chi connectivity index (χ2n) is 6.72. The maximum absolute atomic E-state index is 14.0. The molecule has 176 valence electrons. The number of nitrogens with zero attached hydrogens (tertiary/aromatic N) is 3. The van der Waals surface area contributed by atoms with Crippen LogP contribution in [-0.4, -0.2) is 45.7 Å². The lowest BCUT2D eigenvalue weighted by atomic mass is 10.1. The van der Waals surface area contributed by atoms with Gasteiger partial charge in [0, 0.05) is 11.8 Å². The van der Waals surface area contributed by atoms with Crippen LogP contribution in [0.1, 0.15) is 47.5 Å². The Hall–Kier alpha value is -3.62. The molecular formula is C18H14F5N5O4S. The summed E-state index contributed by atoms with van der Waals surface area (Å²) in [6.07, 6.45) is -5.92. The Labute approximate surface area is 185 Å². The van der Waals surface area contributed by atoms with Gasteiger partial charge in [-0.1, -0.05) is 0 Å². The van der Waals surface area contributed by atoms with Crippen molar-refractivity contribution in [2.45, 2.75) is 25.9 Å². The highest BCUT2D eigenvalue weighted by molar-refractivity contribution is 7.18. The lowest BCUT2D eigenvalue weighted by Crippen LogP contribution is -2.36. The fourth-order valence-corrected chi connectivity index (χ4v) is 3.97. The lowest BCUT2D eigenvalue weighted by molar-refractivity contribution is -0.291. The monoisotopic (exact) mass is 491 g/mol. The van der Waals surface area contributed by atoms with E-state index in [1.807, 2.05) is 0 Å². The standard InChI is InChI=1S/C18H14F5N5O4S/c1-6-4-9(17(19,20)18(21,22)23)28-10(25-6)5-8(27-28)14(30)26-15-11(16(31)32-3)7(2)12(33-15)13(24)29/h4-5H,1-3H3,(H2,24,29)(H,26,30). The first-order valence-electron chi connectivity index (χ1n) is 8.84. The number of ether oxygens (including phenoxy) is 1. The SMILES string of the molecule is COC(=O)c1c(NC(=O)c2cc3nc(C)cc(C(F)(F)C(F)(F)F)n3n2)sc(C(N)=O)c1C. The van der Waals surface area contributed by atoms with Crippen molar-refractivity contribution in [3.63, 3.8) is 0 Å².